The van der Waals surface area contributed by atoms with Crippen LogP contribution in [0.3, 0.4) is 0 Å². The molecule has 5 nitrogen and oxygen atoms in total. The van der Waals surface area contributed by atoms with Crippen LogP contribution in [0.25, 0.3) is 6.08 Å². The molecule has 0 unspecified atom stereocenters. The Balaban J connectivity index is 1.62. The van der Waals surface area contributed by atoms with Gasteiger partial charge >= 0.3 is 0 Å². The van der Waals surface area contributed by atoms with Crippen LogP contribution in [0.2, 0.25) is 0 Å². The minimum atomic E-state index is -0.470. The fraction of sp³-hybridized carbons (Fsp3) is 0.227. The van der Waals surface area contributed by atoms with Crippen LogP contribution in [0.5, 0.6) is 0 Å². The second-order valence-corrected chi connectivity index (χ2v) is 7.47. The lowest BCUT2D eigenvalue weighted by atomic mass is 10.1. The fourth-order valence-electron chi connectivity index (χ4n) is 3.51. The lowest BCUT2D eigenvalue weighted by molar-refractivity contribution is -0.122. The highest BCUT2D eigenvalue weighted by molar-refractivity contribution is 7.80. The Kier molecular flexibility index (Phi) is 4.96. The Morgan fingerprint density at radius 3 is 2.18 bits per heavy atom. The van der Waals surface area contributed by atoms with Crippen molar-refractivity contribution in [2.45, 2.75) is 19.8 Å². The summed E-state index contributed by atoms with van der Waals surface area (Å²) < 4.78 is 0. The first-order valence-corrected chi connectivity index (χ1v) is 9.77. The van der Waals surface area contributed by atoms with Gasteiger partial charge in [0.25, 0.3) is 11.8 Å². The van der Waals surface area contributed by atoms with Gasteiger partial charge < -0.3 is 4.90 Å². The molecule has 2 saturated heterocycles. The summed E-state index contributed by atoms with van der Waals surface area (Å²) in [5, 5.41) is 2.72. The average Bonchev–Trinajstić information content (AvgIpc) is 3.22. The Labute approximate surface area is 169 Å². The molecule has 2 heterocycles. The van der Waals surface area contributed by atoms with Crippen LogP contribution < -0.4 is 15.1 Å². The summed E-state index contributed by atoms with van der Waals surface area (Å²) in [5.74, 6) is -0.886. The highest BCUT2D eigenvalue weighted by Crippen LogP contribution is 2.24. The van der Waals surface area contributed by atoms with Gasteiger partial charge in [0.15, 0.2) is 5.11 Å². The lowest BCUT2D eigenvalue weighted by Gasteiger charge is -2.29. The van der Waals surface area contributed by atoms with Crippen molar-refractivity contribution in [1.82, 2.24) is 5.32 Å². The highest BCUT2D eigenvalue weighted by atomic mass is 32.1. The van der Waals surface area contributed by atoms with Crippen molar-refractivity contribution in [1.29, 1.82) is 0 Å². The number of aryl methyl sites for hydroxylation is 1. The number of nitrogens with zero attached hydrogens (tertiary/aromatic N) is 2. The maximum atomic E-state index is 13.0. The molecule has 4 rings (SSSR count). The van der Waals surface area contributed by atoms with Crippen LogP contribution in [-0.2, 0) is 9.59 Å². The molecule has 0 radical (unpaired) electrons. The second kappa shape index (κ2) is 7.56. The molecule has 2 aliphatic heterocycles. The fourth-order valence-corrected chi connectivity index (χ4v) is 3.79. The smallest absolute Gasteiger partial charge is 0.270 e. The molecule has 2 amide bonds. The topological polar surface area (TPSA) is 52.7 Å². The largest absolute Gasteiger partial charge is 0.372 e. The van der Waals surface area contributed by atoms with Crippen LogP contribution in [0.15, 0.2) is 54.1 Å². The summed E-state index contributed by atoms with van der Waals surface area (Å²) in [4.78, 5) is 29.1. The second-order valence-electron chi connectivity index (χ2n) is 7.08. The summed E-state index contributed by atoms with van der Waals surface area (Å²) in [6.07, 6.45) is 4.05. The molecule has 6 heteroatoms. The summed E-state index contributed by atoms with van der Waals surface area (Å²) in [6, 6.07) is 15.4. The van der Waals surface area contributed by atoms with Gasteiger partial charge in [-0.1, -0.05) is 29.8 Å². The van der Waals surface area contributed by atoms with Crippen LogP contribution in [0, 0.1) is 6.92 Å². The van der Waals surface area contributed by atoms with E-state index in [9.17, 15) is 9.59 Å². The maximum Gasteiger partial charge on any atom is 0.270 e. The van der Waals surface area contributed by atoms with E-state index in [2.05, 4.69) is 10.2 Å². The molecule has 0 aliphatic carbocycles. The van der Waals surface area contributed by atoms with Crippen LogP contribution in [0.1, 0.15) is 24.0 Å². The summed E-state index contributed by atoms with van der Waals surface area (Å²) >= 11 is 5.23. The van der Waals surface area contributed by atoms with E-state index in [4.69, 9.17) is 12.2 Å². The van der Waals surface area contributed by atoms with Crippen molar-refractivity contribution >= 4 is 46.6 Å². The molecule has 0 spiro atoms. The van der Waals surface area contributed by atoms with E-state index >= 15 is 0 Å². The van der Waals surface area contributed by atoms with Gasteiger partial charge in [0.05, 0.1) is 5.69 Å². The lowest BCUT2D eigenvalue weighted by Crippen LogP contribution is -2.54. The number of amides is 2. The Hall–Kier alpha value is -2.99. The highest BCUT2D eigenvalue weighted by Gasteiger charge is 2.34. The van der Waals surface area contributed by atoms with Crippen molar-refractivity contribution in [3.05, 3.63) is 65.2 Å². The Morgan fingerprint density at radius 2 is 1.54 bits per heavy atom. The number of rotatable bonds is 3. The van der Waals surface area contributed by atoms with Gasteiger partial charge in [-0.05, 0) is 67.9 Å². The summed E-state index contributed by atoms with van der Waals surface area (Å²) in [5.41, 5.74) is 3.76. The van der Waals surface area contributed by atoms with Crippen molar-refractivity contribution in [3.63, 3.8) is 0 Å². The van der Waals surface area contributed by atoms with Gasteiger partial charge in [0.1, 0.15) is 5.57 Å². The third-order valence-electron chi connectivity index (χ3n) is 5.07. The first-order chi connectivity index (χ1) is 13.5. The van der Waals surface area contributed by atoms with Gasteiger partial charge in [0, 0.05) is 18.8 Å². The summed E-state index contributed by atoms with van der Waals surface area (Å²) in [6.45, 7) is 4.12. The van der Waals surface area contributed by atoms with Gasteiger partial charge in [-0.25, -0.2) is 0 Å². The zero-order chi connectivity index (χ0) is 19.7. The predicted molar refractivity (Wildman–Crippen MR) is 115 cm³/mol. The number of hydrogen-bond donors (Lipinski definition) is 1. The molecule has 142 valence electrons. The molecule has 2 fully saturated rings. The molecule has 0 bridgehead atoms. The molecular weight excluding hydrogens is 370 g/mol. The first-order valence-electron chi connectivity index (χ1n) is 9.36. The van der Waals surface area contributed by atoms with E-state index in [0.717, 1.165) is 24.2 Å². The van der Waals surface area contributed by atoms with E-state index in [-0.39, 0.29) is 10.7 Å². The first kappa shape index (κ1) is 18.4. The molecular formula is C22H21N3O2S. The SMILES string of the molecule is Cc1ccc(N2C(=O)C(=Cc3ccc(N4CCCC4)cc3)C(=O)NC2=S)cc1. The molecule has 0 aromatic heterocycles. The number of anilines is 2. The minimum Gasteiger partial charge on any atom is -0.372 e. The number of benzene rings is 2. The molecule has 0 saturated carbocycles. The quantitative estimate of drug-likeness (QED) is 0.495. The Morgan fingerprint density at radius 1 is 0.929 bits per heavy atom. The standard InChI is InChI=1S/C22H21N3O2S/c1-15-4-8-18(9-5-15)25-21(27)19(20(26)23-22(25)28)14-16-6-10-17(11-7-16)24-12-2-3-13-24/h4-11,14H,2-3,12-13H2,1H3,(H,23,26,28). The molecule has 2 aliphatic rings. The number of thiocarbonyl (C=S) groups is 1. The van der Waals surface area contributed by atoms with E-state index in [1.54, 1.807) is 6.08 Å². The van der Waals surface area contributed by atoms with Gasteiger partial charge in [-0.2, -0.15) is 0 Å². The normalized spacial score (nSPS) is 18.8. The third kappa shape index (κ3) is 3.55. The number of nitrogens with one attached hydrogen (secondary N) is 1. The average molecular weight is 391 g/mol. The monoisotopic (exact) mass is 391 g/mol. The van der Waals surface area contributed by atoms with Gasteiger partial charge in [-0.3, -0.25) is 19.8 Å². The molecule has 28 heavy (non-hydrogen) atoms. The predicted octanol–water partition coefficient (Wildman–Crippen LogP) is 3.43. The molecule has 0 atom stereocenters. The van der Waals surface area contributed by atoms with E-state index in [0.29, 0.717) is 5.69 Å². The van der Waals surface area contributed by atoms with Crippen LogP contribution in [-0.4, -0.2) is 30.0 Å². The van der Waals surface area contributed by atoms with Crippen LogP contribution >= 0.6 is 12.2 Å². The zero-order valence-corrected chi connectivity index (χ0v) is 16.5. The van der Waals surface area contributed by atoms with E-state index < -0.39 is 11.8 Å². The zero-order valence-electron chi connectivity index (χ0n) is 15.6. The third-order valence-corrected chi connectivity index (χ3v) is 5.35. The molecule has 1 N–H and O–H groups in total. The number of carbonyl (C=O) groups excluding carboxylic acids is 2. The van der Waals surface area contributed by atoms with E-state index in [1.165, 1.54) is 23.4 Å². The van der Waals surface area contributed by atoms with Crippen molar-refractivity contribution < 1.29 is 9.59 Å². The number of hydrogen-bond acceptors (Lipinski definition) is 4. The van der Waals surface area contributed by atoms with E-state index in [1.807, 2.05) is 55.5 Å². The minimum absolute atomic E-state index is 0.0723. The van der Waals surface area contributed by atoms with Gasteiger partial charge in [-0.15, -0.1) is 0 Å². The van der Waals surface area contributed by atoms with Crippen molar-refractivity contribution in [3.8, 4) is 0 Å². The molecule has 2 aromatic rings. The van der Waals surface area contributed by atoms with Crippen LogP contribution in [0.4, 0.5) is 11.4 Å². The molecule has 2 aromatic carbocycles. The summed E-state index contributed by atoms with van der Waals surface area (Å²) in [7, 11) is 0. The van der Waals surface area contributed by atoms with Gasteiger partial charge in [0.2, 0.25) is 0 Å². The number of carbonyl (C=O) groups is 2. The van der Waals surface area contributed by atoms with Crippen molar-refractivity contribution in [2.75, 3.05) is 22.9 Å². The Bertz CT molecular complexity index is 958. The van der Waals surface area contributed by atoms with Crippen molar-refractivity contribution in [2.24, 2.45) is 0 Å². The maximum absolute atomic E-state index is 13.0.